The summed E-state index contributed by atoms with van der Waals surface area (Å²) >= 11 is 0. The van der Waals surface area contributed by atoms with Crippen molar-refractivity contribution in [2.75, 3.05) is 5.73 Å². The lowest BCUT2D eigenvalue weighted by Crippen LogP contribution is -1.87. The van der Waals surface area contributed by atoms with Crippen LogP contribution < -0.4 is 5.73 Å². The topological polar surface area (TPSA) is 108 Å². The third kappa shape index (κ3) is 2.57. The highest BCUT2D eigenvalue weighted by molar-refractivity contribution is 5.63. The second kappa shape index (κ2) is 5.04. The predicted molar refractivity (Wildman–Crippen MR) is 76.2 cm³/mol. The molecule has 0 fully saturated rings. The summed E-state index contributed by atoms with van der Waals surface area (Å²) in [6.07, 6.45) is 0. The Hall–Kier alpha value is -3.22. The van der Waals surface area contributed by atoms with Crippen LogP contribution in [0, 0.1) is 10.1 Å². The number of hydrogen-bond acceptors (Lipinski definition) is 6. The summed E-state index contributed by atoms with van der Waals surface area (Å²) in [5.41, 5.74) is 7.68. The largest absolute Gasteiger partial charge is 0.399 e. The second-order valence-electron chi connectivity index (χ2n) is 4.35. The summed E-state index contributed by atoms with van der Waals surface area (Å²) in [7, 11) is 0. The molecule has 0 aliphatic carbocycles. The zero-order valence-electron chi connectivity index (χ0n) is 10.8. The molecule has 7 nitrogen and oxygen atoms in total. The van der Waals surface area contributed by atoms with Crippen LogP contribution in [-0.2, 0) is 0 Å². The van der Waals surface area contributed by atoms with Crippen molar-refractivity contribution in [3.8, 4) is 22.8 Å². The Labute approximate surface area is 119 Å². The number of nitrogen functional groups attached to an aromatic ring is 1. The lowest BCUT2D eigenvalue weighted by atomic mass is 10.2. The van der Waals surface area contributed by atoms with Gasteiger partial charge < -0.3 is 10.3 Å². The van der Waals surface area contributed by atoms with Crippen LogP contribution in [0.25, 0.3) is 22.8 Å². The maximum Gasteiger partial charge on any atom is 0.269 e. The van der Waals surface area contributed by atoms with E-state index in [1.54, 1.807) is 30.3 Å². The summed E-state index contributed by atoms with van der Waals surface area (Å²) in [5.74, 6) is 0.706. The minimum Gasteiger partial charge on any atom is -0.399 e. The zero-order valence-corrected chi connectivity index (χ0v) is 10.8. The molecule has 0 aliphatic rings. The van der Waals surface area contributed by atoms with E-state index in [1.165, 1.54) is 12.1 Å². The Balaban J connectivity index is 1.93. The number of benzene rings is 2. The standard InChI is InChI=1S/C14H10N4O3/c15-11-3-1-2-10(8-11)13-16-14(21-17-13)9-4-6-12(7-5-9)18(19)20/h1-8H,15H2. The first-order chi connectivity index (χ1) is 10.1. The van der Waals surface area contributed by atoms with Crippen LogP contribution in [0.2, 0.25) is 0 Å². The molecule has 1 aromatic heterocycles. The summed E-state index contributed by atoms with van der Waals surface area (Å²) < 4.78 is 5.17. The van der Waals surface area contributed by atoms with Gasteiger partial charge in [0, 0.05) is 28.9 Å². The molecular formula is C14H10N4O3. The fourth-order valence-electron chi connectivity index (χ4n) is 1.86. The predicted octanol–water partition coefficient (Wildman–Crippen LogP) is 2.89. The van der Waals surface area contributed by atoms with Gasteiger partial charge in [-0.3, -0.25) is 10.1 Å². The van der Waals surface area contributed by atoms with E-state index in [4.69, 9.17) is 10.3 Å². The van der Waals surface area contributed by atoms with Gasteiger partial charge in [-0.25, -0.2) is 0 Å². The average Bonchev–Trinajstić information content (AvgIpc) is 2.97. The van der Waals surface area contributed by atoms with Crippen molar-refractivity contribution in [1.82, 2.24) is 10.1 Å². The van der Waals surface area contributed by atoms with Gasteiger partial charge in [0.1, 0.15) is 0 Å². The van der Waals surface area contributed by atoms with Crippen molar-refractivity contribution >= 4 is 11.4 Å². The molecule has 0 unspecified atom stereocenters. The molecule has 7 heteroatoms. The van der Waals surface area contributed by atoms with Crippen molar-refractivity contribution in [3.05, 3.63) is 58.6 Å². The molecule has 0 amide bonds. The maximum atomic E-state index is 10.6. The number of hydrogen-bond donors (Lipinski definition) is 1. The summed E-state index contributed by atoms with van der Waals surface area (Å²) in [6, 6.07) is 13.0. The molecule has 0 aliphatic heterocycles. The highest BCUT2D eigenvalue weighted by Gasteiger charge is 2.12. The molecule has 21 heavy (non-hydrogen) atoms. The fourth-order valence-corrected chi connectivity index (χ4v) is 1.86. The van der Waals surface area contributed by atoms with Crippen LogP contribution in [0.5, 0.6) is 0 Å². The van der Waals surface area contributed by atoms with Crippen LogP contribution in [0.4, 0.5) is 11.4 Å². The summed E-state index contributed by atoms with van der Waals surface area (Å²) in [5, 5.41) is 14.5. The Morgan fingerprint density at radius 1 is 1.10 bits per heavy atom. The molecule has 3 rings (SSSR count). The molecule has 1 heterocycles. The van der Waals surface area contributed by atoms with Crippen LogP contribution in [0.1, 0.15) is 0 Å². The number of non-ortho nitro benzene ring substituents is 1. The van der Waals surface area contributed by atoms with E-state index < -0.39 is 4.92 Å². The van der Waals surface area contributed by atoms with Crippen molar-refractivity contribution in [1.29, 1.82) is 0 Å². The van der Waals surface area contributed by atoms with Gasteiger partial charge in [-0.05, 0) is 24.3 Å². The minimum atomic E-state index is -0.463. The molecule has 0 bridgehead atoms. The molecule has 2 N–H and O–H groups in total. The molecule has 2 aromatic carbocycles. The SMILES string of the molecule is Nc1cccc(-c2noc(-c3ccc([N+](=O)[O-])cc3)n2)c1. The number of rotatable bonds is 3. The van der Waals surface area contributed by atoms with Crippen LogP contribution >= 0.6 is 0 Å². The van der Waals surface area contributed by atoms with Gasteiger partial charge in [-0.15, -0.1) is 0 Å². The Morgan fingerprint density at radius 3 is 2.52 bits per heavy atom. The number of aromatic nitrogens is 2. The van der Waals surface area contributed by atoms with E-state index in [2.05, 4.69) is 10.1 Å². The smallest absolute Gasteiger partial charge is 0.269 e. The number of nitro groups is 1. The first-order valence-electron chi connectivity index (χ1n) is 6.08. The first-order valence-corrected chi connectivity index (χ1v) is 6.08. The van der Waals surface area contributed by atoms with Crippen LogP contribution in [-0.4, -0.2) is 15.1 Å². The highest BCUT2D eigenvalue weighted by atomic mass is 16.6. The number of anilines is 1. The van der Waals surface area contributed by atoms with Gasteiger partial charge in [0.05, 0.1) is 4.92 Å². The van der Waals surface area contributed by atoms with Crippen molar-refractivity contribution in [2.24, 2.45) is 0 Å². The molecule has 0 saturated heterocycles. The average molecular weight is 282 g/mol. The normalized spacial score (nSPS) is 10.5. The van der Waals surface area contributed by atoms with Gasteiger partial charge in [0.15, 0.2) is 0 Å². The first kappa shape index (κ1) is 12.8. The van der Waals surface area contributed by atoms with E-state index in [0.717, 1.165) is 5.56 Å². The lowest BCUT2D eigenvalue weighted by Gasteiger charge is -1.95. The van der Waals surface area contributed by atoms with Gasteiger partial charge in [-0.1, -0.05) is 17.3 Å². The summed E-state index contributed by atoms with van der Waals surface area (Å²) in [4.78, 5) is 14.4. The zero-order chi connectivity index (χ0) is 14.8. The molecular weight excluding hydrogens is 272 g/mol. The Kier molecular flexibility index (Phi) is 3.07. The Bertz CT molecular complexity index is 796. The van der Waals surface area contributed by atoms with E-state index >= 15 is 0 Å². The van der Waals surface area contributed by atoms with Crippen LogP contribution in [0.3, 0.4) is 0 Å². The number of nitrogens with two attached hydrogens (primary N) is 1. The molecule has 0 radical (unpaired) electrons. The number of nitro benzene ring substituents is 1. The minimum absolute atomic E-state index is 0.00863. The lowest BCUT2D eigenvalue weighted by molar-refractivity contribution is -0.384. The van der Waals surface area contributed by atoms with Crippen LogP contribution in [0.15, 0.2) is 53.1 Å². The molecule has 0 saturated carbocycles. The molecule has 104 valence electrons. The third-order valence-electron chi connectivity index (χ3n) is 2.90. The van der Waals surface area contributed by atoms with Crippen molar-refractivity contribution in [2.45, 2.75) is 0 Å². The second-order valence-corrected chi connectivity index (χ2v) is 4.35. The highest BCUT2D eigenvalue weighted by Crippen LogP contribution is 2.24. The van der Waals surface area contributed by atoms with E-state index in [9.17, 15) is 10.1 Å². The molecule has 3 aromatic rings. The maximum absolute atomic E-state index is 10.6. The Morgan fingerprint density at radius 2 is 1.86 bits per heavy atom. The van der Waals surface area contributed by atoms with E-state index in [1.807, 2.05) is 6.07 Å². The quantitative estimate of drug-likeness (QED) is 0.449. The van der Waals surface area contributed by atoms with Gasteiger partial charge >= 0.3 is 0 Å². The molecule has 0 atom stereocenters. The van der Waals surface area contributed by atoms with Crippen molar-refractivity contribution in [3.63, 3.8) is 0 Å². The van der Waals surface area contributed by atoms with E-state index in [0.29, 0.717) is 23.0 Å². The molecule has 0 spiro atoms. The fraction of sp³-hybridized carbons (Fsp3) is 0. The van der Waals surface area contributed by atoms with Gasteiger partial charge in [0.25, 0.3) is 11.6 Å². The third-order valence-corrected chi connectivity index (χ3v) is 2.90. The number of nitrogens with zero attached hydrogens (tertiary/aromatic N) is 3. The monoisotopic (exact) mass is 282 g/mol. The summed E-state index contributed by atoms with van der Waals surface area (Å²) in [6.45, 7) is 0. The van der Waals surface area contributed by atoms with Crippen molar-refractivity contribution < 1.29 is 9.45 Å². The van der Waals surface area contributed by atoms with Gasteiger partial charge in [0.2, 0.25) is 5.82 Å². The van der Waals surface area contributed by atoms with Gasteiger partial charge in [-0.2, -0.15) is 4.98 Å². The van der Waals surface area contributed by atoms with E-state index in [-0.39, 0.29) is 5.69 Å².